The van der Waals surface area contributed by atoms with Crippen molar-refractivity contribution in [3.05, 3.63) is 12.2 Å². The van der Waals surface area contributed by atoms with Crippen LogP contribution in [0.4, 0.5) is 13.2 Å². The Balaban J connectivity index is 2.56. The van der Waals surface area contributed by atoms with Crippen molar-refractivity contribution in [2.45, 2.75) is 31.2 Å². The average Bonchev–Trinajstić information content (AvgIpc) is 2.51. The van der Waals surface area contributed by atoms with E-state index in [1.807, 2.05) is 0 Å². The summed E-state index contributed by atoms with van der Waals surface area (Å²) in [7, 11) is 0. The Labute approximate surface area is 74.4 Å². The fourth-order valence-corrected chi connectivity index (χ4v) is 1.39. The predicted molar refractivity (Wildman–Crippen MR) is 42.2 cm³/mol. The number of hydrogen-bond donors (Lipinski definition) is 2. The van der Waals surface area contributed by atoms with Crippen molar-refractivity contribution in [2.75, 3.05) is 6.54 Å². The molecule has 1 rings (SSSR count). The Morgan fingerprint density at radius 1 is 1.54 bits per heavy atom. The highest BCUT2D eigenvalue weighted by atomic mass is 19.4. The van der Waals surface area contributed by atoms with Crippen LogP contribution in [0.1, 0.15) is 12.8 Å². The monoisotopic (exact) mass is 195 g/mol. The van der Waals surface area contributed by atoms with Crippen molar-refractivity contribution < 1.29 is 18.3 Å². The van der Waals surface area contributed by atoms with E-state index in [2.05, 4.69) is 11.9 Å². The van der Waals surface area contributed by atoms with Gasteiger partial charge in [0.05, 0.1) is 11.7 Å². The fraction of sp³-hybridized carbons (Fsp3) is 0.750. The third kappa shape index (κ3) is 2.45. The van der Waals surface area contributed by atoms with Crippen LogP contribution in [0.15, 0.2) is 12.2 Å². The van der Waals surface area contributed by atoms with Crippen LogP contribution in [0.2, 0.25) is 0 Å². The molecule has 76 valence electrons. The minimum absolute atomic E-state index is 0.492. The van der Waals surface area contributed by atoms with Crippen molar-refractivity contribution >= 4 is 0 Å². The first kappa shape index (κ1) is 10.5. The molecule has 2 nitrogen and oxygen atoms in total. The summed E-state index contributed by atoms with van der Waals surface area (Å²) in [5.74, 6) is 0. The molecule has 1 saturated heterocycles. The molecule has 1 fully saturated rings. The Morgan fingerprint density at radius 2 is 2.15 bits per heavy atom. The maximum absolute atomic E-state index is 12.1. The third-order valence-corrected chi connectivity index (χ3v) is 2.20. The summed E-state index contributed by atoms with van der Waals surface area (Å²) in [5.41, 5.74) is -1.06. The molecule has 1 heterocycles. The molecule has 13 heavy (non-hydrogen) atoms. The van der Waals surface area contributed by atoms with Crippen LogP contribution in [0.3, 0.4) is 0 Å². The molecule has 0 spiro atoms. The SMILES string of the molecule is C=C(C(O)[C@@H]1CCCN1)C(F)(F)F. The second-order valence-corrected chi connectivity index (χ2v) is 3.17. The van der Waals surface area contributed by atoms with Gasteiger partial charge in [0.2, 0.25) is 0 Å². The van der Waals surface area contributed by atoms with Gasteiger partial charge in [-0.05, 0) is 19.4 Å². The van der Waals surface area contributed by atoms with Gasteiger partial charge in [-0.2, -0.15) is 13.2 Å². The molecule has 0 aromatic heterocycles. The first-order chi connectivity index (χ1) is 5.93. The summed E-state index contributed by atoms with van der Waals surface area (Å²) in [5, 5.41) is 12.1. The fourth-order valence-electron chi connectivity index (χ4n) is 1.39. The highest BCUT2D eigenvalue weighted by Gasteiger charge is 2.39. The first-order valence-electron chi connectivity index (χ1n) is 4.10. The van der Waals surface area contributed by atoms with E-state index in [1.165, 1.54) is 0 Å². The van der Waals surface area contributed by atoms with E-state index in [0.29, 0.717) is 13.0 Å². The lowest BCUT2D eigenvalue weighted by Gasteiger charge is -2.21. The molecule has 0 bridgehead atoms. The quantitative estimate of drug-likeness (QED) is 0.649. The zero-order chi connectivity index (χ0) is 10.1. The Bertz CT molecular complexity index is 196. The molecule has 0 aromatic rings. The maximum Gasteiger partial charge on any atom is 0.414 e. The number of rotatable bonds is 2. The molecule has 0 aromatic carbocycles. The predicted octanol–water partition coefficient (Wildman–Crippen LogP) is 1.22. The van der Waals surface area contributed by atoms with Crippen LogP contribution in [-0.2, 0) is 0 Å². The van der Waals surface area contributed by atoms with Gasteiger partial charge in [0.1, 0.15) is 0 Å². The number of aliphatic hydroxyl groups excluding tert-OH is 1. The van der Waals surface area contributed by atoms with Gasteiger partial charge in [0.25, 0.3) is 0 Å². The van der Waals surface area contributed by atoms with E-state index in [1.54, 1.807) is 0 Å². The molecule has 1 aliphatic heterocycles. The molecule has 0 radical (unpaired) electrons. The maximum atomic E-state index is 12.1. The van der Waals surface area contributed by atoms with E-state index in [0.717, 1.165) is 6.42 Å². The van der Waals surface area contributed by atoms with Crippen molar-refractivity contribution in [3.63, 3.8) is 0 Å². The largest absolute Gasteiger partial charge is 0.414 e. The molecular formula is C8H12F3NO. The van der Waals surface area contributed by atoms with Crippen molar-refractivity contribution in [1.29, 1.82) is 0 Å². The second-order valence-electron chi connectivity index (χ2n) is 3.17. The number of hydrogen-bond acceptors (Lipinski definition) is 2. The van der Waals surface area contributed by atoms with Gasteiger partial charge in [-0.3, -0.25) is 0 Å². The van der Waals surface area contributed by atoms with Crippen molar-refractivity contribution in [2.24, 2.45) is 0 Å². The number of nitrogens with one attached hydrogen (secondary N) is 1. The number of aliphatic hydroxyl groups is 1. The standard InChI is InChI=1S/C8H12F3NO/c1-5(8(9,10)11)7(13)6-3-2-4-12-6/h6-7,12-13H,1-4H2/t6-,7?/m0/s1. The molecule has 0 aliphatic carbocycles. The molecular weight excluding hydrogens is 183 g/mol. The number of alkyl halides is 3. The second kappa shape index (κ2) is 3.67. The Morgan fingerprint density at radius 3 is 2.54 bits per heavy atom. The van der Waals surface area contributed by atoms with Crippen LogP contribution in [0.25, 0.3) is 0 Å². The van der Waals surface area contributed by atoms with E-state index in [9.17, 15) is 18.3 Å². The van der Waals surface area contributed by atoms with Gasteiger partial charge in [-0.1, -0.05) is 6.58 Å². The van der Waals surface area contributed by atoms with E-state index < -0.39 is 23.9 Å². The zero-order valence-electron chi connectivity index (χ0n) is 7.06. The van der Waals surface area contributed by atoms with Gasteiger partial charge < -0.3 is 10.4 Å². The molecule has 0 amide bonds. The summed E-state index contributed by atoms with van der Waals surface area (Å²) in [4.78, 5) is 0. The normalized spacial score (nSPS) is 26.0. The Kier molecular flexibility index (Phi) is 2.98. The molecule has 1 unspecified atom stereocenters. The van der Waals surface area contributed by atoms with E-state index in [4.69, 9.17) is 0 Å². The van der Waals surface area contributed by atoms with Gasteiger partial charge in [-0.25, -0.2) is 0 Å². The third-order valence-electron chi connectivity index (χ3n) is 2.20. The molecule has 2 atom stereocenters. The summed E-state index contributed by atoms with van der Waals surface area (Å²) in [6, 6.07) is -0.492. The lowest BCUT2D eigenvalue weighted by atomic mass is 10.0. The number of halogens is 3. The van der Waals surface area contributed by atoms with Gasteiger partial charge >= 0.3 is 6.18 Å². The summed E-state index contributed by atoms with van der Waals surface area (Å²) < 4.78 is 36.2. The summed E-state index contributed by atoms with van der Waals surface area (Å²) in [6.45, 7) is 3.52. The van der Waals surface area contributed by atoms with Gasteiger partial charge in [-0.15, -0.1) is 0 Å². The van der Waals surface area contributed by atoms with Gasteiger partial charge in [0, 0.05) is 6.04 Å². The molecule has 0 saturated carbocycles. The molecule has 5 heteroatoms. The minimum atomic E-state index is -4.50. The highest BCUT2D eigenvalue weighted by Crippen LogP contribution is 2.29. The topological polar surface area (TPSA) is 32.3 Å². The lowest BCUT2D eigenvalue weighted by Crippen LogP contribution is -2.39. The van der Waals surface area contributed by atoms with E-state index >= 15 is 0 Å². The smallest absolute Gasteiger partial charge is 0.387 e. The van der Waals surface area contributed by atoms with Crippen LogP contribution in [0.5, 0.6) is 0 Å². The Hall–Kier alpha value is -0.550. The van der Waals surface area contributed by atoms with Gasteiger partial charge in [0.15, 0.2) is 0 Å². The van der Waals surface area contributed by atoms with Crippen LogP contribution < -0.4 is 5.32 Å². The zero-order valence-corrected chi connectivity index (χ0v) is 7.06. The lowest BCUT2D eigenvalue weighted by molar-refractivity contribution is -0.107. The summed E-state index contributed by atoms with van der Waals surface area (Å²) >= 11 is 0. The average molecular weight is 195 g/mol. The summed E-state index contributed by atoms with van der Waals surface area (Å²) in [6.07, 6.45) is -4.64. The first-order valence-corrected chi connectivity index (χ1v) is 4.10. The van der Waals surface area contributed by atoms with Crippen molar-refractivity contribution in [3.8, 4) is 0 Å². The van der Waals surface area contributed by atoms with Crippen LogP contribution in [-0.4, -0.2) is 30.0 Å². The van der Waals surface area contributed by atoms with Crippen LogP contribution in [0, 0.1) is 0 Å². The molecule has 2 N–H and O–H groups in total. The van der Waals surface area contributed by atoms with Crippen LogP contribution >= 0.6 is 0 Å². The highest BCUT2D eigenvalue weighted by molar-refractivity contribution is 5.12. The van der Waals surface area contributed by atoms with Crippen molar-refractivity contribution in [1.82, 2.24) is 5.32 Å². The minimum Gasteiger partial charge on any atom is -0.387 e. The van der Waals surface area contributed by atoms with E-state index in [-0.39, 0.29) is 0 Å². The molecule has 1 aliphatic rings.